The number of nitrogens with one attached hydrogen (secondary N) is 1. The van der Waals surface area contributed by atoms with Crippen molar-refractivity contribution in [1.29, 1.82) is 0 Å². The molecule has 1 aliphatic carbocycles. The molecule has 4 aromatic rings. The summed E-state index contributed by atoms with van der Waals surface area (Å²) in [4.78, 5) is 23.0. The molecule has 1 saturated carbocycles. The van der Waals surface area contributed by atoms with Crippen LogP contribution in [-0.2, 0) is 6.42 Å². The average Bonchev–Trinajstić information content (AvgIpc) is 3.09. The van der Waals surface area contributed by atoms with E-state index in [4.69, 9.17) is 15.7 Å². The fourth-order valence-corrected chi connectivity index (χ4v) is 4.53. The lowest BCUT2D eigenvalue weighted by atomic mass is 9.95. The molecule has 31 heavy (non-hydrogen) atoms. The van der Waals surface area contributed by atoms with E-state index in [1.54, 1.807) is 0 Å². The minimum Gasteiger partial charge on any atom is -0.384 e. The Morgan fingerprint density at radius 1 is 1.03 bits per heavy atom. The van der Waals surface area contributed by atoms with Gasteiger partial charge in [-0.1, -0.05) is 50.5 Å². The highest BCUT2D eigenvalue weighted by Gasteiger charge is 2.26. The van der Waals surface area contributed by atoms with Gasteiger partial charge in [0.15, 0.2) is 5.65 Å². The van der Waals surface area contributed by atoms with Gasteiger partial charge in [0, 0.05) is 11.7 Å². The van der Waals surface area contributed by atoms with E-state index in [0.29, 0.717) is 22.5 Å². The van der Waals surface area contributed by atoms with Crippen LogP contribution in [0.2, 0.25) is 0 Å². The minimum atomic E-state index is -0.164. The van der Waals surface area contributed by atoms with E-state index in [0.717, 1.165) is 48.8 Å². The van der Waals surface area contributed by atoms with Crippen LogP contribution >= 0.6 is 0 Å². The summed E-state index contributed by atoms with van der Waals surface area (Å²) in [5.74, 6) is 0.214. The van der Waals surface area contributed by atoms with Gasteiger partial charge in [-0.2, -0.15) is 0 Å². The number of carbonyl (C=O) groups is 1. The number of rotatable bonds is 4. The number of aromatic nitrogens is 3. The first-order valence-corrected chi connectivity index (χ1v) is 11.1. The van der Waals surface area contributed by atoms with Crippen molar-refractivity contribution in [3.05, 3.63) is 59.7 Å². The molecule has 1 fully saturated rings. The standard InChI is InChI=1S/C25H27N5O/c1-2-16-12-14-18(15-13-16)30-23(26)21(25(31)27-17-8-4-3-5-9-17)22-24(30)29-20-11-7-6-10-19(20)28-22/h6-7,10-15,17H,2-5,8-9,26H2,1H3,(H,27,31). The van der Waals surface area contributed by atoms with Crippen molar-refractivity contribution in [2.75, 3.05) is 5.73 Å². The number of amides is 1. The first-order valence-electron chi connectivity index (χ1n) is 11.1. The predicted octanol–water partition coefficient (Wildman–Crippen LogP) is 4.78. The summed E-state index contributed by atoms with van der Waals surface area (Å²) in [6.07, 6.45) is 6.52. The van der Waals surface area contributed by atoms with Gasteiger partial charge in [-0.25, -0.2) is 9.97 Å². The lowest BCUT2D eigenvalue weighted by molar-refractivity contribution is 0.0930. The highest BCUT2D eigenvalue weighted by atomic mass is 16.1. The molecule has 3 N–H and O–H groups in total. The summed E-state index contributed by atoms with van der Waals surface area (Å²) in [6, 6.07) is 16.1. The van der Waals surface area contributed by atoms with E-state index >= 15 is 0 Å². The van der Waals surface area contributed by atoms with Gasteiger partial charge in [0.25, 0.3) is 5.91 Å². The molecule has 0 spiro atoms. The van der Waals surface area contributed by atoms with Gasteiger partial charge >= 0.3 is 0 Å². The van der Waals surface area contributed by atoms with Crippen LogP contribution in [0.1, 0.15) is 54.9 Å². The van der Waals surface area contributed by atoms with Gasteiger partial charge in [0.1, 0.15) is 16.9 Å². The van der Waals surface area contributed by atoms with Gasteiger partial charge in [-0.3, -0.25) is 9.36 Å². The molecule has 0 unspecified atom stereocenters. The Labute approximate surface area is 181 Å². The maximum absolute atomic E-state index is 13.4. The zero-order chi connectivity index (χ0) is 21.4. The van der Waals surface area contributed by atoms with Crippen LogP contribution in [-0.4, -0.2) is 26.5 Å². The van der Waals surface area contributed by atoms with E-state index in [2.05, 4.69) is 24.4 Å². The SMILES string of the molecule is CCc1ccc(-n2c(N)c(C(=O)NC3CCCCC3)c3nc4ccccc4nc32)cc1. The van der Waals surface area contributed by atoms with Crippen LogP contribution in [0.3, 0.4) is 0 Å². The summed E-state index contributed by atoms with van der Waals surface area (Å²) < 4.78 is 1.85. The number of carbonyl (C=O) groups excluding carboxylic acids is 1. The molecule has 2 aromatic heterocycles. The second kappa shape index (κ2) is 8.02. The summed E-state index contributed by atoms with van der Waals surface area (Å²) in [6.45, 7) is 2.12. The normalized spacial score (nSPS) is 14.9. The highest BCUT2D eigenvalue weighted by Crippen LogP contribution is 2.31. The molecular formula is C25H27N5O. The average molecular weight is 414 g/mol. The van der Waals surface area contributed by atoms with Gasteiger partial charge in [-0.05, 0) is 49.1 Å². The summed E-state index contributed by atoms with van der Waals surface area (Å²) in [5.41, 5.74) is 11.8. The molecule has 2 aromatic carbocycles. The molecule has 0 saturated heterocycles. The number of para-hydroxylation sites is 2. The summed E-state index contributed by atoms with van der Waals surface area (Å²) in [7, 11) is 0. The molecule has 2 heterocycles. The Hall–Kier alpha value is -3.41. The van der Waals surface area contributed by atoms with E-state index in [1.165, 1.54) is 12.0 Å². The molecule has 1 amide bonds. The van der Waals surface area contributed by atoms with E-state index < -0.39 is 0 Å². The minimum absolute atomic E-state index is 0.164. The second-order valence-corrected chi connectivity index (χ2v) is 8.31. The van der Waals surface area contributed by atoms with Crippen molar-refractivity contribution in [1.82, 2.24) is 19.9 Å². The molecule has 0 bridgehead atoms. The van der Waals surface area contributed by atoms with Gasteiger partial charge < -0.3 is 11.1 Å². The Kier molecular flexibility index (Phi) is 5.06. The number of aryl methyl sites for hydroxylation is 1. The lowest BCUT2D eigenvalue weighted by Gasteiger charge is -2.22. The monoisotopic (exact) mass is 413 g/mol. The van der Waals surface area contributed by atoms with Crippen LogP contribution in [0, 0.1) is 0 Å². The van der Waals surface area contributed by atoms with Crippen molar-refractivity contribution in [3.8, 4) is 5.69 Å². The molecule has 6 heteroatoms. The molecule has 158 valence electrons. The zero-order valence-electron chi connectivity index (χ0n) is 17.8. The van der Waals surface area contributed by atoms with Crippen molar-refractivity contribution in [2.24, 2.45) is 0 Å². The third kappa shape index (κ3) is 3.52. The zero-order valence-corrected chi connectivity index (χ0v) is 17.8. The predicted molar refractivity (Wildman–Crippen MR) is 125 cm³/mol. The number of nitrogens with zero attached hydrogens (tertiary/aromatic N) is 3. The van der Waals surface area contributed by atoms with Crippen LogP contribution in [0.15, 0.2) is 48.5 Å². The lowest BCUT2D eigenvalue weighted by Crippen LogP contribution is -2.36. The molecule has 0 radical (unpaired) electrons. The Morgan fingerprint density at radius 3 is 2.39 bits per heavy atom. The summed E-state index contributed by atoms with van der Waals surface area (Å²) in [5, 5.41) is 3.20. The van der Waals surface area contributed by atoms with E-state index in [-0.39, 0.29) is 11.9 Å². The molecular weight excluding hydrogens is 386 g/mol. The van der Waals surface area contributed by atoms with Crippen LogP contribution in [0.25, 0.3) is 27.9 Å². The quantitative estimate of drug-likeness (QED) is 0.504. The maximum atomic E-state index is 13.4. The van der Waals surface area contributed by atoms with Crippen molar-refractivity contribution in [2.45, 2.75) is 51.5 Å². The second-order valence-electron chi connectivity index (χ2n) is 8.31. The summed E-state index contributed by atoms with van der Waals surface area (Å²) >= 11 is 0. The van der Waals surface area contributed by atoms with Crippen molar-refractivity contribution in [3.63, 3.8) is 0 Å². The first-order chi connectivity index (χ1) is 15.2. The van der Waals surface area contributed by atoms with Gasteiger partial charge in [-0.15, -0.1) is 0 Å². The Morgan fingerprint density at radius 2 is 1.71 bits per heavy atom. The number of fused-ring (bicyclic) bond motifs is 2. The van der Waals surface area contributed by atoms with Gasteiger partial charge in [0.2, 0.25) is 0 Å². The smallest absolute Gasteiger partial charge is 0.257 e. The maximum Gasteiger partial charge on any atom is 0.257 e. The topological polar surface area (TPSA) is 85.8 Å². The van der Waals surface area contributed by atoms with Gasteiger partial charge in [0.05, 0.1) is 11.0 Å². The molecule has 0 aliphatic heterocycles. The molecule has 0 atom stereocenters. The van der Waals surface area contributed by atoms with E-state index in [1.807, 2.05) is 41.0 Å². The number of nitrogen functional groups attached to an aromatic ring is 1. The number of anilines is 1. The number of hydrogen-bond acceptors (Lipinski definition) is 4. The molecule has 5 rings (SSSR count). The fourth-order valence-electron chi connectivity index (χ4n) is 4.53. The van der Waals surface area contributed by atoms with Crippen molar-refractivity contribution < 1.29 is 4.79 Å². The molecule has 1 aliphatic rings. The fraction of sp³-hybridized carbons (Fsp3) is 0.320. The van der Waals surface area contributed by atoms with Crippen LogP contribution in [0.4, 0.5) is 5.82 Å². The van der Waals surface area contributed by atoms with Crippen molar-refractivity contribution >= 4 is 33.9 Å². The van der Waals surface area contributed by atoms with Crippen LogP contribution < -0.4 is 11.1 Å². The van der Waals surface area contributed by atoms with E-state index in [9.17, 15) is 4.79 Å². The highest BCUT2D eigenvalue weighted by molar-refractivity contribution is 6.11. The van der Waals surface area contributed by atoms with Crippen LogP contribution in [0.5, 0.6) is 0 Å². The number of nitrogens with two attached hydrogens (primary N) is 1. The Bertz CT molecular complexity index is 1250. The Balaban J connectivity index is 1.69. The molecule has 6 nitrogen and oxygen atoms in total. The largest absolute Gasteiger partial charge is 0.384 e. The first kappa shape index (κ1) is 19.5. The number of hydrogen-bond donors (Lipinski definition) is 2. The third-order valence-electron chi connectivity index (χ3n) is 6.27. The number of benzene rings is 2. The third-order valence-corrected chi connectivity index (χ3v) is 6.27.